The molecule has 7 heteroatoms. The molecule has 0 radical (unpaired) electrons. The summed E-state index contributed by atoms with van der Waals surface area (Å²) in [5.41, 5.74) is 6.76. The minimum Gasteiger partial charge on any atom is -0.372 e. The van der Waals surface area contributed by atoms with Crippen molar-refractivity contribution in [1.82, 2.24) is 5.06 Å². The molecule has 0 saturated heterocycles. The predicted molar refractivity (Wildman–Crippen MR) is 88.8 cm³/mol. The summed E-state index contributed by atoms with van der Waals surface area (Å²) in [5.74, 6) is 5.39. The molecule has 126 valence electrons. The molecule has 0 spiro atoms. The zero-order valence-electron chi connectivity index (χ0n) is 13.0. The molecule has 5 nitrogen and oxygen atoms in total. The van der Waals surface area contributed by atoms with Crippen LogP contribution in [0, 0.1) is 17.7 Å². The molecule has 3 N–H and O–H groups in total. The lowest BCUT2D eigenvalue weighted by Gasteiger charge is -2.14. The zero-order chi connectivity index (χ0) is 17.5. The summed E-state index contributed by atoms with van der Waals surface area (Å²) in [4.78, 5) is 11.6. The van der Waals surface area contributed by atoms with E-state index in [4.69, 9.17) is 10.5 Å². The first-order valence-corrected chi connectivity index (χ1v) is 8.03. The van der Waals surface area contributed by atoms with Crippen LogP contribution in [0.2, 0.25) is 0 Å². The average Bonchev–Trinajstić information content (AvgIpc) is 3.01. The Kier molecular flexibility index (Phi) is 6.32. The molecule has 0 fully saturated rings. The molecule has 2 amide bonds. The van der Waals surface area contributed by atoms with Gasteiger partial charge in [0, 0.05) is 5.56 Å². The Bertz CT molecular complexity index is 749. The van der Waals surface area contributed by atoms with Crippen LogP contribution in [0.15, 0.2) is 35.7 Å². The molecule has 0 saturated carbocycles. The van der Waals surface area contributed by atoms with E-state index >= 15 is 0 Å². The Morgan fingerprint density at radius 3 is 2.75 bits per heavy atom. The maximum Gasteiger partial charge on any atom is 0.339 e. The number of halogens is 1. The van der Waals surface area contributed by atoms with Gasteiger partial charge in [0.25, 0.3) is 0 Å². The first-order valence-electron chi connectivity index (χ1n) is 7.15. The van der Waals surface area contributed by atoms with Crippen molar-refractivity contribution in [2.24, 2.45) is 5.73 Å². The van der Waals surface area contributed by atoms with Crippen LogP contribution in [0.25, 0.3) is 0 Å². The van der Waals surface area contributed by atoms with Crippen LogP contribution in [0.5, 0.6) is 0 Å². The van der Waals surface area contributed by atoms with Crippen molar-refractivity contribution in [1.29, 1.82) is 0 Å². The van der Waals surface area contributed by atoms with E-state index < -0.39 is 12.1 Å². The number of thiophene rings is 1. The Hall–Kier alpha value is -2.40. The summed E-state index contributed by atoms with van der Waals surface area (Å²) >= 11 is 1.44. The Balaban J connectivity index is 1.93. The lowest BCUT2D eigenvalue weighted by Crippen LogP contribution is -2.38. The largest absolute Gasteiger partial charge is 0.372 e. The smallest absolute Gasteiger partial charge is 0.339 e. The number of hydrogen-bond donors (Lipinski definition) is 2. The van der Waals surface area contributed by atoms with Gasteiger partial charge in [-0.15, -0.1) is 11.3 Å². The number of primary amides is 1. The number of carbonyl (C=O) groups is 1. The summed E-state index contributed by atoms with van der Waals surface area (Å²) < 4.78 is 18.5. The lowest BCUT2D eigenvalue weighted by molar-refractivity contribution is -0.0536. The van der Waals surface area contributed by atoms with Gasteiger partial charge in [0.05, 0.1) is 18.1 Å². The third-order valence-corrected chi connectivity index (χ3v) is 4.05. The second-order valence-corrected chi connectivity index (χ2v) is 5.94. The van der Waals surface area contributed by atoms with Gasteiger partial charge in [-0.2, -0.15) is 5.06 Å². The van der Waals surface area contributed by atoms with Gasteiger partial charge in [0.15, 0.2) is 0 Å². The van der Waals surface area contributed by atoms with Gasteiger partial charge < -0.3 is 10.5 Å². The molecular formula is C17H17FN2O3S. The fraction of sp³-hybridized carbons (Fsp3) is 0.235. The molecule has 0 aliphatic carbocycles. The van der Waals surface area contributed by atoms with E-state index in [1.807, 2.05) is 11.4 Å². The quantitative estimate of drug-likeness (QED) is 0.495. The van der Waals surface area contributed by atoms with E-state index in [2.05, 4.69) is 11.8 Å². The van der Waals surface area contributed by atoms with E-state index in [-0.39, 0.29) is 5.82 Å². The van der Waals surface area contributed by atoms with Crippen LogP contribution in [0.4, 0.5) is 9.18 Å². The van der Waals surface area contributed by atoms with Gasteiger partial charge >= 0.3 is 6.03 Å². The monoisotopic (exact) mass is 348 g/mol. The molecular weight excluding hydrogens is 331 g/mol. The van der Waals surface area contributed by atoms with Crippen LogP contribution in [-0.4, -0.2) is 22.3 Å². The first-order chi connectivity index (χ1) is 11.5. The Morgan fingerprint density at radius 1 is 1.38 bits per heavy atom. The van der Waals surface area contributed by atoms with Crippen molar-refractivity contribution in [3.8, 4) is 11.8 Å². The minimum absolute atomic E-state index is 0.280. The maximum absolute atomic E-state index is 12.8. The van der Waals surface area contributed by atoms with E-state index in [1.165, 1.54) is 23.5 Å². The van der Waals surface area contributed by atoms with Gasteiger partial charge in [-0.1, -0.05) is 24.0 Å². The summed E-state index contributed by atoms with van der Waals surface area (Å²) in [7, 11) is 0. The van der Waals surface area contributed by atoms with Gasteiger partial charge in [-0.25, -0.2) is 9.18 Å². The number of ether oxygens (including phenoxy) is 1. The van der Waals surface area contributed by atoms with Gasteiger partial charge in [0.2, 0.25) is 0 Å². The topological polar surface area (TPSA) is 75.8 Å². The Morgan fingerprint density at radius 2 is 2.08 bits per heavy atom. The second-order valence-electron chi connectivity index (χ2n) is 5.02. The van der Waals surface area contributed by atoms with Crippen LogP contribution in [-0.2, 0) is 18.0 Å². The highest BCUT2D eigenvalue weighted by Crippen LogP contribution is 2.17. The molecule has 24 heavy (non-hydrogen) atoms. The summed E-state index contributed by atoms with van der Waals surface area (Å²) in [6.45, 7) is 2.29. The van der Waals surface area contributed by atoms with E-state index in [0.717, 1.165) is 16.0 Å². The van der Waals surface area contributed by atoms with Crippen LogP contribution in [0.3, 0.4) is 0 Å². The maximum atomic E-state index is 12.8. The van der Waals surface area contributed by atoms with Crippen LogP contribution < -0.4 is 5.73 Å². The number of carbonyl (C=O) groups excluding carboxylic acids is 1. The molecule has 1 atom stereocenters. The zero-order valence-corrected chi connectivity index (χ0v) is 13.8. The van der Waals surface area contributed by atoms with Crippen molar-refractivity contribution in [3.63, 3.8) is 0 Å². The molecule has 1 heterocycles. The van der Waals surface area contributed by atoms with Gasteiger partial charge in [0.1, 0.15) is 11.9 Å². The molecule has 2 aromatic rings. The number of nitrogens with zero attached hydrogens (tertiary/aromatic N) is 1. The Labute approximate surface area is 143 Å². The van der Waals surface area contributed by atoms with E-state index in [9.17, 15) is 14.4 Å². The number of hydroxylamine groups is 2. The fourth-order valence-electron chi connectivity index (χ4n) is 1.84. The number of nitrogens with two attached hydrogens (primary N) is 1. The number of amides is 2. The normalized spacial score (nSPS) is 11.5. The fourth-order valence-corrected chi connectivity index (χ4v) is 2.61. The number of hydrogen-bond acceptors (Lipinski definition) is 4. The molecule has 1 unspecified atom stereocenters. The highest BCUT2D eigenvalue weighted by molar-refractivity contribution is 7.10. The molecule has 2 rings (SSSR count). The highest BCUT2D eigenvalue weighted by atomic mass is 32.1. The third kappa shape index (κ3) is 5.06. The molecule has 0 aliphatic heterocycles. The van der Waals surface area contributed by atoms with Gasteiger partial charge in [-0.3, -0.25) is 5.21 Å². The van der Waals surface area contributed by atoms with Crippen molar-refractivity contribution < 1.29 is 19.1 Å². The summed E-state index contributed by atoms with van der Waals surface area (Å²) in [6.07, 6.45) is 0. The SMILES string of the molecule is CC(C#Cc1sccc1COCc1ccc(F)cc1)N(O)C(N)=O. The average molecular weight is 348 g/mol. The lowest BCUT2D eigenvalue weighted by atomic mass is 10.2. The van der Waals surface area contributed by atoms with E-state index in [0.29, 0.717) is 18.3 Å². The summed E-state index contributed by atoms with van der Waals surface area (Å²) in [5, 5.41) is 11.7. The van der Waals surface area contributed by atoms with Crippen molar-refractivity contribution >= 4 is 17.4 Å². The minimum atomic E-state index is -0.953. The standard InChI is InChI=1S/C17H17FN2O3S/c1-12(20(22)17(19)21)2-7-16-14(8-9-24-16)11-23-10-13-3-5-15(18)6-4-13/h3-6,8-9,12,22H,10-11H2,1H3,(H2,19,21). The van der Waals surface area contributed by atoms with Gasteiger partial charge in [-0.05, 0) is 36.1 Å². The third-order valence-electron chi connectivity index (χ3n) is 3.17. The highest BCUT2D eigenvalue weighted by Gasteiger charge is 2.12. The van der Waals surface area contributed by atoms with E-state index in [1.54, 1.807) is 19.1 Å². The molecule has 1 aromatic heterocycles. The second kappa shape index (κ2) is 8.45. The van der Waals surface area contributed by atoms with Crippen molar-refractivity contribution in [2.45, 2.75) is 26.2 Å². The van der Waals surface area contributed by atoms with Crippen LogP contribution >= 0.6 is 11.3 Å². The number of urea groups is 1. The number of benzene rings is 1. The van der Waals surface area contributed by atoms with Crippen molar-refractivity contribution in [2.75, 3.05) is 0 Å². The molecule has 0 aliphatic rings. The number of rotatable bonds is 5. The van der Waals surface area contributed by atoms with Crippen LogP contribution in [0.1, 0.15) is 22.9 Å². The predicted octanol–water partition coefficient (Wildman–Crippen LogP) is 3.11. The molecule has 0 bridgehead atoms. The molecule has 1 aromatic carbocycles. The van der Waals surface area contributed by atoms with Crippen molar-refractivity contribution in [3.05, 3.63) is 57.5 Å². The first kappa shape index (κ1) is 17.9. The summed E-state index contributed by atoms with van der Waals surface area (Å²) in [6, 6.07) is 6.36.